The van der Waals surface area contributed by atoms with Gasteiger partial charge in [-0.25, -0.2) is 0 Å². The van der Waals surface area contributed by atoms with Crippen molar-refractivity contribution in [2.75, 3.05) is 0 Å². The highest BCUT2D eigenvalue weighted by molar-refractivity contribution is 5.73. The fourth-order valence-electron chi connectivity index (χ4n) is 3.04. The van der Waals surface area contributed by atoms with Gasteiger partial charge in [0.2, 0.25) is 0 Å². The topological polar surface area (TPSA) is 0 Å². The van der Waals surface area contributed by atoms with E-state index >= 15 is 0 Å². The van der Waals surface area contributed by atoms with Gasteiger partial charge in [0.1, 0.15) is 0 Å². The van der Waals surface area contributed by atoms with E-state index in [0.717, 1.165) is 0 Å². The Morgan fingerprint density at radius 1 is 1.05 bits per heavy atom. The molecule has 20 heavy (non-hydrogen) atoms. The zero-order chi connectivity index (χ0) is 14.9. The fourth-order valence-corrected chi connectivity index (χ4v) is 3.04. The Morgan fingerprint density at radius 3 is 2.25 bits per heavy atom. The molecule has 0 amide bonds. The molecule has 108 valence electrons. The van der Waals surface area contributed by atoms with E-state index in [9.17, 15) is 0 Å². The Balaban J connectivity index is 2.44. The van der Waals surface area contributed by atoms with E-state index in [4.69, 9.17) is 0 Å². The van der Waals surface area contributed by atoms with Crippen LogP contribution < -0.4 is 0 Å². The second-order valence-electron chi connectivity index (χ2n) is 7.41. The molecule has 0 fully saturated rings. The van der Waals surface area contributed by atoms with Crippen LogP contribution in [-0.4, -0.2) is 0 Å². The van der Waals surface area contributed by atoms with Crippen LogP contribution in [0.15, 0.2) is 42.0 Å². The van der Waals surface area contributed by atoms with Gasteiger partial charge in [-0.05, 0) is 40.4 Å². The fraction of sp³-hybridized carbons (Fsp3) is 0.500. The molecule has 2 rings (SSSR count). The molecule has 1 aliphatic carbocycles. The molecule has 1 atom stereocenters. The van der Waals surface area contributed by atoms with Crippen molar-refractivity contribution >= 4 is 5.57 Å². The number of hydrogen-bond acceptors (Lipinski definition) is 0. The molecule has 0 heteroatoms. The third kappa shape index (κ3) is 3.06. The highest BCUT2D eigenvalue weighted by atomic mass is 14.3. The van der Waals surface area contributed by atoms with Crippen molar-refractivity contribution in [2.24, 2.45) is 11.3 Å². The van der Waals surface area contributed by atoms with Gasteiger partial charge in [-0.2, -0.15) is 0 Å². The predicted octanol–water partition coefficient (Wildman–Crippen LogP) is 6.21. The van der Waals surface area contributed by atoms with E-state index in [1.165, 1.54) is 23.1 Å². The van der Waals surface area contributed by atoms with Crippen molar-refractivity contribution in [1.82, 2.24) is 0 Å². The second-order valence-corrected chi connectivity index (χ2v) is 7.41. The van der Waals surface area contributed by atoms with E-state index in [1.54, 1.807) is 5.57 Å². The molecular formula is C20H28. The smallest absolute Gasteiger partial charge is 0.0147 e. The molecule has 0 spiro atoms. The van der Waals surface area contributed by atoms with Gasteiger partial charge >= 0.3 is 0 Å². The molecule has 1 aromatic carbocycles. The maximum atomic E-state index is 2.36. The average Bonchev–Trinajstić information content (AvgIpc) is 2.37. The third-order valence-electron chi connectivity index (χ3n) is 4.38. The maximum absolute atomic E-state index is 2.36. The van der Waals surface area contributed by atoms with Gasteiger partial charge in [-0.15, -0.1) is 0 Å². The summed E-state index contributed by atoms with van der Waals surface area (Å²) >= 11 is 0. The minimum absolute atomic E-state index is 0.286. The lowest BCUT2D eigenvalue weighted by atomic mass is 9.74. The summed E-state index contributed by atoms with van der Waals surface area (Å²) in [5.74, 6) is 1.18. The SMILES string of the molecule is CC1CC(C(C)(C)C)=CC=C1c1ccccc1C(C)C. The third-order valence-corrected chi connectivity index (χ3v) is 4.38. The van der Waals surface area contributed by atoms with Gasteiger partial charge in [-0.3, -0.25) is 0 Å². The minimum atomic E-state index is 0.286. The Kier molecular flexibility index (Phi) is 4.22. The van der Waals surface area contributed by atoms with Crippen LogP contribution in [0, 0.1) is 11.3 Å². The summed E-state index contributed by atoms with van der Waals surface area (Å²) in [6, 6.07) is 8.88. The minimum Gasteiger partial charge on any atom is -0.0642 e. The van der Waals surface area contributed by atoms with Crippen LogP contribution in [0.3, 0.4) is 0 Å². The van der Waals surface area contributed by atoms with Crippen molar-refractivity contribution in [1.29, 1.82) is 0 Å². The first-order chi connectivity index (χ1) is 9.30. The molecule has 0 radical (unpaired) electrons. The Labute approximate surface area is 124 Å². The maximum Gasteiger partial charge on any atom is -0.0147 e. The van der Waals surface area contributed by atoms with Gasteiger partial charge in [0, 0.05) is 0 Å². The van der Waals surface area contributed by atoms with Crippen molar-refractivity contribution in [3.05, 3.63) is 53.1 Å². The molecule has 1 aromatic rings. The highest BCUT2D eigenvalue weighted by Crippen LogP contribution is 2.40. The summed E-state index contributed by atoms with van der Waals surface area (Å²) in [5.41, 5.74) is 6.27. The summed E-state index contributed by atoms with van der Waals surface area (Å²) in [6.45, 7) is 13.9. The Hall–Kier alpha value is -1.30. The van der Waals surface area contributed by atoms with Crippen molar-refractivity contribution in [3.8, 4) is 0 Å². The Bertz CT molecular complexity index is 535. The molecule has 0 saturated heterocycles. The number of hydrogen-bond donors (Lipinski definition) is 0. The summed E-state index contributed by atoms with van der Waals surface area (Å²) in [5, 5.41) is 0. The summed E-state index contributed by atoms with van der Waals surface area (Å²) in [7, 11) is 0. The predicted molar refractivity (Wildman–Crippen MR) is 89.8 cm³/mol. The van der Waals surface area contributed by atoms with Crippen LogP contribution >= 0.6 is 0 Å². The molecule has 1 aliphatic rings. The van der Waals surface area contributed by atoms with E-state index < -0.39 is 0 Å². The van der Waals surface area contributed by atoms with Crippen molar-refractivity contribution < 1.29 is 0 Å². The largest absolute Gasteiger partial charge is 0.0642 e. The summed E-state index contributed by atoms with van der Waals surface area (Å²) in [6.07, 6.45) is 5.89. The molecule has 0 aromatic heterocycles. The molecule has 0 aliphatic heterocycles. The average molecular weight is 268 g/mol. The summed E-state index contributed by atoms with van der Waals surface area (Å²) < 4.78 is 0. The van der Waals surface area contributed by atoms with Gasteiger partial charge < -0.3 is 0 Å². The van der Waals surface area contributed by atoms with Crippen molar-refractivity contribution in [3.63, 3.8) is 0 Å². The Morgan fingerprint density at radius 2 is 1.70 bits per heavy atom. The van der Waals surface area contributed by atoms with E-state index in [1.807, 2.05) is 0 Å². The van der Waals surface area contributed by atoms with Crippen LogP contribution in [0.5, 0.6) is 0 Å². The molecule has 0 nitrogen and oxygen atoms in total. The normalized spacial score (nSPS) is 19.9. The molecule has 0 bridgehead atoms. The van der Waals surface area contributed by atoms with Crippen LogP contribution in [0.25, 0.3) is 5.57 Å². The molecule has 1 unspecified atom stereocenters. The molecule has 0 heterocycles. The first-order valence-electron chi connectivity index (χ1n) is 7.81. The zero-order valence-corrected chi connectivity index (χ0v) is 13.8. The van der Waals surface area contributed by atoms with Gasteiger partial charge in [-0.1, -0.05) is 83.5 Å². The first-order valence-corrected chi connectivity index (χ1v) is 7.81. The van der Waals surface area contributed by atoms with E-state index in [2.05, 4.69) is 78.0 Å². The molecular weight excluding hydrogens is 240 g/mol. The lowest BCUT2D eigenvalue weighted by Crippen LogP contribution is -2.16. The van der Waals surface area contributed by atoms with Crippen LogP contribution in [0.2, 0.25) is 0 Å². The second kappa shape index (κ2) is 5.60. The lowest BCUT2D eigenvalue weighted by molar-refractivity contribution is 0.464. The van der Waals surface area contributed by atoms with Gasteiger partial charge in [0.15, 0.2) is 0 Å². The first kappa shape index (κ1) is 15.1. The standard InChI is InChI=1S/C20H28/c1-14(2)17-9-7-8-10-19(17)18-12-11-16(13-15(18)3)20(4,5)6/h7-12,14-15H,13H2,1-6H3. The van der Waals surface area contributed by atoms with Gasteiger partial charge in [0.05, 0.1) is 0 Å². The van der Waals surface area contributed by atoms with E-state index in [0.29, 0.717) is 11.8 Å². The number of rotatable bonds is 2. The van der Waals surface area contributed by atoms with E-state index in [-0.39, 0.29) is 5.41 Å². The molecule has 0 N–H and O–H groups in total. The quantitative estimate of drug-likeness (QED) is 0.598. The van der Waals surface area contributed by atoms with Gasteiger partial charge in [0.25, 0.3) is 0 Å². The van der Waals surface area contributed by atoms with Crippen LogP contribution in [0.1, 0.15) is 65.0 Å². The molecule has 0 saturated carbocycles. The monoisotopic (exact) mass is 268 g/mol. The zero-order valence-electron chi connectivity index (χ0n) is 13.8. The van der Waals surface area contributed by atoms with Crippen LogP contribution in [0.4, 0.5) is 0 Å². The number of allylic oxidation sites excluding steroid dienone is 4. The van der Waals surface area contributed by atoms with Crippen LogP contribution in [-0.2, 0) is 0 Å². The number of benzene rings is 1. The highest BCUT2D eigenvalue weighted by Gasteiger charge is 2.24. The summed E-state index contributed by atoms with van der Waals surface area (Å²) in [4.78, 5) is 0. The van der Waals surface area contributed by atoms with Crippen molar-refractivity contribution in [2.45, 2.75) is 53.9 Å². The lowest BCUT2D eigenvalue weighted by Gasteiger charge is -2.31.